The van der Waals surface area contributed by atoms with Gasteiger partial charge < -0.3 is 4.74 Å². The van der Waals surface area contributed by atoms with Gasteiger partial charge in [-0.1, -0.05) is 0 Å². The van der Waals surface area contributed by atoms with Crippen LogP contribution >= 0.6 is 22.6 Å². The number of aromatic nitrogens is 2. The number of hydrogen-bond donors (Lipinski definition) is 1. The first-order chi connectivity index (χ1) is 7.46. The number of nitrogens with one attached hydrogen (secondary N) is 1. The van der Waals surface area contributed by atoms with Gasteiger partial charge >= 0.3 is 6.18 Å². The molecule has 1 heterocycles. The van der Waals surface area contributed by atoms with Gasteiger partial charge in [-0.25, -0.2) is 0 Å². The van der Waals surface area contributed by atoms with Gasteiger partial charge in [-0.3, -0.25) is 5.10 Å². The van der Waals surface area contributed by atoms with Gasteiger partial charge in [0.05, 0.1) is 5.52 Å². The van der Waals surface area contributed by atoms with Crippen molar-refractivity contribution in [3.05, 3.63) is 21.9 Å². The molecule has 0 atom stereocenters. The van der Waals surface area contributed by atoms with Gasteiger partial charge in [0.15, 0.2) is 6.61 Å². The molecule has 0 aliphatic carbocycles. The predicted molar refractivity (Wildman–Crippen MR) is 60.4 cm³/mol. The van der Waals surface area contributed by atoms with E-state index in [-0.39, 0.29) is 5.75 Å². The molecule has 0 saturated carbocycles. The monoisotopic (exact) mass is 342 g/mol. The van der Waals surface area contributed by atoms with E-state index < -0.39 is 12.8 Å². The molecule has 16 heavy (non-hydrogen) atoms. The number of alkyl halides is 3. The third-order valence-corrected chi connectivity index (χ3v) is 2.70. The van der Waals surface area contributed by atoms with Crippen LogP contribution in [0.5, 0.6) is 5.75 Å². The highest BCUT2D eigenvalue weighted by atomic mass is 127. The van der Waals surface area contributed by atoms with Crippen LogP contribution in [-0.2, 0) is 0 Å². The number of halogens is 4. The summed E-state index contributed by atoms with van der Waals surface area (Å²) in [5.41, 5.74) is 0.698. The smallest absolute Gasteiger partial charge is 0.422 e. The lowest BCUT2D eigenvalue weighted by molar-refractivity contribution is -0.153. The Bertz CT molecular complexity index is 509. The highest BCUT2D eigenvalue weighted by molar-refractivity contribution is 14.1. The molecule has 0 unspecified atom stereocenters. The summed E-state index contributed by atoms with van der Waals surface area (Å²) < 4.78 is 41.2. The first-order valence-electron chi connectivity index (χ1n) is 4.29. The van der Waals surface area contributed by atoms with Crippen molar-refractivity contribution in [3.63, 3.8) is 0 Å². The standard InChI is InChI=1S/C9H6F3IN2O/c10-9(11,12)4-16-5-1-2-7-6(3-5)8(13)15-14-7/h1-3H,4H2,(H,14,15). The molecule has 2 rings (SSSR count). The molecule has 1 N–H and O–H groups in total. The Labute approximate surface area is 102 Å². The second kappa shape index (κ2) is 4.11. The molecule has 0 saturated heterocycles. The van der Waals surface area contributed by atoms with E-state index >= 15 is 0 Å². The summed E-state index contributed by atoms with van der Waals surface area (Å²) in [5, 5.41) is 7.44. The third kappa shape index (κ3) is 2.57. The fourth-order valence-electron chi connectivity index (χ4n) is 1.21. The van der Waals surface area contributed by atoms with Gasteiger partial charge in [-0.15, -0.1) is 0 Å². The largest absolute Gasteiger partial charge is 0.484 e. The summed E-state index contributed by atoms with van der Waals surface area (Å²) in [6.07, 6.45) is -4.32. The maximum absolute atomic E-state index is 11.9. The summed E-state index contributed by atoms with van der Waals surface area (Å²) in [7, 11) is 0. The summed E-state index contributed by atoms with van der Waals surface area (Å²) in [5.74, 6) is 0.184. The van der Waals surface area contributed by atoms with Crippen LogP contribution in [0.3, 0.4) is 0 Å². The zero-order chi connectivity index (χ0) is 11.8. The van der Waals surface area contributed by atoms with Crippen molar-refractivity contribution in [2.45, 2.75) is 6.18 Å². The molecular formula is C9H6F3IN2O. The molecule has 0 aliphatic rings. The van der Waals surface area contributed by atoms with Crippen LogP contribution in [-0.4, -0.2) is 23.0 Å². The molecule has 0 bridgehead atoms. The van der Waals surface area contributed by atoms with E-state index in [2.05, 4.69) is 14.9 Å². The second-order valence-electron chi connectivity index (χ2n) is 3.12. The van der Waals surface area contributed by atoms with E-state index in [0.29, 0.717) is 5.52 Å². The quantitative estimate of drug-likeness (QED) is 0.852. The minimum atomic E-state index is -4.32. The Morgan fingerprint density at radius 2 is 2.12 bits per heavy atom. The van der Waals surface area contributed by atoms with Crippen molar-refractivity contribution in [2.24, 2.45) is 0 Å². The van der Waals surface area contributed by atoms with E-state index in [0.717, 1.165) is 9.09 Å². The first-order valence-corrected chi connectivity index (χ1v) is 5.37. The van der Waals surface area contributed by atoms with Gasteiger partial charge in [0, 0.05) is 5.39 Å². The normalized spacial score (nSPS) is 12.0. The molecule has 2 aromatic rings. The van der Waals surface area contributed by atoms with E-state index in [4.69, 9.17) is 0 Å². The topological polar surface area (TPSA) is 37.9 Å². The zero-order valence-corrected chi connectivity index (χ0v) is 9.96. The fraction of sp³-hybridized carbons (Fsp3) is 0.222. The predicted octanol–water partition coefficient (Wildman–Crippen LogP) is 3.11. The van der Waals surface area contributed by atoms with E-state index in [9.17, 15) is 13.2 Å². The Balaban J connectivity index is 2.22. The van der Waals surface area contributed by atoms with Crippen LogP contribution in [0.1, 0.15) is 0 Å². The lowest BCUT2D eigenvalue weighted by Crippen LogP contribution is -2.19. The van der Waals surface area contributed by atoms with Crippen molar-refractivity contribution in [3.8, 4) is 5.75 Å². The Kier molecular flexibility index (Phi) is 2.96. The molecule has 3 nitrogen and oxygen atoms in total. The Hall–Kier alpha value is -0.990. The lowest BCUT2D eigenvalue weighted by Gasteiger charge is -2.08. The molecule has 7 heteroatoms. The van der Waals surface area contributed by atoms with Crippen LogP contribution in [0, 0.1) is 3.70 Å². The number of fused-ring (bicyclic) bond motifs is 1. The summed E-state index contributed by atoms with van der Waals surface area (Å²) >= 11 is 2.02. The maximum atomic E-state index is 11.9. The van der Waals surface area contributed by atoms with Gasteiger partial charge in [0.2, 0.25) is 0 Å². The molecule has 0 aliphatic heterocycles. The number of benzene rings is 1. The summed E-state index contributed by atoms with van der Waals surface area (Å²) in [6, 6.07) is 4.61. The molecule has 1 aromatic heterocycles. The summed E-state index contributed by atoms with van der Waals surface area (Å²) in [4.78, 5) is 0. The van der Waals surface area contributed by atoms with Gasteiger partial charge in [0.25, 0.3) is 0 Å². The van der Waals surface area contributed by atoms with Crippen molar-refractivity contribution in [1.29, 1.82) is 0 Å². The molecule has 86 valence electrons. The van der Waals surface area contributed by atoms with Crippen LogP contribution < -0.4 is 4.74 Å². The number of rotatable bonds is 2. The maximum Gasteiger partial charge on any atom is 0.422 e. The lowest BCUT2D eigenvalue weighted by atomic mass is 10.2. The van der Waals surface area contributed by atoms with E-state index in [1.54, 1.807) is 6.07 Å². The Morgan fingerprint density at radius 3 is 2.81 bits per heavy atom. The minimum absolute atomic E-state index is 0.184. The highest BCUT2D eigenvalue weighted by Crippen LogP contribution is 2.24. The van der Waals surface area contributed by atoms with Crippen molar-refractivity contribution in [1.82, 2.24) is 10.2 Å². The second-order valence-corrected chi connectivity index (χ2v) is 4.20. The summed E-state index contributed by atoms with van der Waals surface area (Å²) in [6.45, 7) is -1.28. The van der Waals surface area contributed by atoms with E-state index in [1.165, 1.54) is 12.1 Å². The van der Waals surface area contributed by atoms with Crippen LogP contribution in [0.15, 0.2) is 18.2 Å². The van der Waals surface area contributed by atoms with Gasteiger partial charge in [-0.05, 0) is 40.8 Å². The minimum Gasteiger partial charge on any atom is -0.484 e. The molecule has 0 spiro atoms. The number of H-pyrrole nitrogens is 1. The van der Waals surface area contributed by atoms with Crippen LogP contribution in [0.4, 0.5) is 13.2 Å². The average molecular weight is 342 g/mol. The number of ether oxygens (including phenoxy) is 1. The van der Waals surface area contributed by atoms with Crippen molar-refractivity contribution >= 4 is 33.5 Å². The molecule has 0 amide bonds. The van der Waals surface area contributed by atoms with Crippen molar-refractivity contribution in [2.75, 3.05) is 6.61 Å². The van der Waals surface area contributed by atoms with Gasteiger partial charge in [-0.2, -0.15) is 18.3 Å². The number of aromatic amines is 1. The molecule has 0 radical (unpaired) electrons. The molecule has 0 fully saturated rings. The van der Waals surface area contributed by atoms with Crippen LogP contribution in [0.2, 0.25) is 0 Å². The number of hydrogen-bond acceptors (Lipinski definition) is 2. The SMILES string of the molecule is FC(F)(F)COc1ccc2n[nH]c(I)c2c1. The van der Waals surface area contributed by atoms with Crippen LogP contribution in [0.25, 0.3) is 10.9 Å². The number of nitrogens with zero attached hydrogens (tertiary/aromatic N) is 1. The third-order valence-electron chi connectivity index (χ3n) is 1.88. The Morgan fingerprint density at radius 1 is 1.38 bits per heavy atom. The highest BCUT2D eigenvalue weighted by Gasteiger charge is 2.28. The van der Waals surface area contributed by atoms with Crippen molar-refractivity contribution < 1.29 is 17.9 Å². The fourth-order valence-corrected chi connectivity index (χ4v) is 1.77. The van der Waals surface area contributed by atoms with Gasteiger partial charge in [0.1, 0.15) is 9.45 Å². The molecule has 1 aromatic carbocycles. The zero-order valence-electron chi connectivity index (χ0n) is 7.81. The van der Waals surface area contributed by atoms with E-state index in [1.807, 2.05) is 22.6 Å². The average Bonchev–Trinajstić information content (AvgIpc) is 2.56. The first kappa shape index (κ1) is 11.5. The molecular weight excluding hydrogens is 336 g/mol.